The molecule has 0 unspecified atom stereocenters. The Balaban J connectivity index is 2.23. The van der Waals surface area contributed by atoms with E-state index < -0.39 is 17.8 Å². The van der Waals surface area contributed by atoms with Gasteiger partial charge in [0.15, 0.2) is 0 Å². The van der Waals surface area contributed by atoms with Crippen LogP contribution in [0.1, 0.15) is 10.4 Å². The van der Waals surface area contributed by atoms with Crippen LogP contribution in [0.15, 0.2) is 22.7 Å². The highest BCUT2D eigenvalue weighted by Gasteiger charge is 2.32. The van der Waals surface area contributed by atoms with Crippen molar-refractivity contribution in [2.24, 2.45) is 0 Å². The van der Waals surface area contributed by atoms with E-state index in [2.05, 4.69) is 21.2 Å². The van der Waals surface area contributed by atoms with Crippen LogP contribution in [0.3, 0.4) is 0 Å². The van der Waals surface area contributed by atoms with E-state index in [4.69, 9.17) is 0 Å². The number of carbonyl (C=O) groups excluding carboxylic acids is 1. The molecule has 4 nitrogen and oxygen atoms in total. The summed E-state index contributed by atoms with van der Waals surface area (Å²) in [7, 11) is 1.57. The van der Waals surface area contributed by atoms with Gasteiger partial charge in [-0.25, -0.2) is 4.39 Å². The SMILES string of the molecule is CN(C(=O)c1cccc(Br)c1F)[C@@H]1CNC[C@H]1O. The number of benzene rings is 1. The molecule has 1 aromatic carbocycles. The van der Waals surface area contributed by atoms with Crippen LogP contribution in [0.4, 0.5) is 4.39 Å². The van der Waals surface area contributed by atoms with Gasteiger partial charge in [-0.2, -0.15) is 0 Å². The summed E-state index contributed by atoms with van der Waals surface area (Å²) in [5, 5.41) is 12.7. The molecule has 1 heterocycles. The smallest absolute Gasteiger partial charge is 0.256 e. The standard InChI is InChI=1S/C12H14BrFN2O2/c1-16(9-5-15-6-10(9)17)12(18)7-3-2-4-8(13)11(7)14/h2-4,9-10,15,17H,5-6H2,1H3/t9-,10-/m1/s1. The molecule has 2 atom stereocenters. The number of carbonyl (C=O) groups is 1. The molecule has 2 N–H and O–H groups in total. The predicted octanol–water partition coefficient (Wildman–Crippen LogP) is 0.993. The number of hydrogen-bond donors (Lipinski definition) is 2. The third-order valence-electron chi connectivity index (χ3n) is 3.15. The van der Waals surface area contributed by atoms with E-state index in [0.717, 1.165) is 0 Å². The molecule has 0 aromatic heterocycles. The molecule has 0 radical (unpaired) electrons. The van der Waals surface area contributed by atoms with Crippen LogP contribution in [0, 0.1) is 5.82 Å². The zero-order chi connectivity index (χ0) is 13.3. The lowest BCUT2D eigenvalue weighted by Crippen LogP contribution is -2.44. The molecule has 0 aliphatic carbocycles. The summed E-state index contributed by atoms with van der Waals surface area (Å²) < 4.78 is 14.1. The van der Waals surface area contributed by atoms with Crippen LogP contribution >= 0.6 is 15.9 Å². The van der Waals surface area contributed by atoms with Gasteiger partial charge in [0.1, 0.15) is 5.82 Å². The van der Waals surface area contributed by atoms with Gasteiger partial charge in [0.2, 0.25) is 0 Å². The highest BCUT2D eigenvalue weighted by Crippen LogP contribution is 2.21. The molecular formula is C12H14BrFN2O2. The Hall–Kier alpha value is -0.980. The van der Waals surface area contributed by atoms with Crippen molar-refractivity contribution >= 4 is 21.8 Å². The third-order valence-corrected chi connectivity index (χ3v) is 3.76. The zero-order valence-electron chi connectivity index (χ0n) is 9.86. The largest absolute Gasteiger partial charge is 0.390 e. The molecule has 2 rings (SSSR count). The average molecular weight is 317 g/mol. The van der Waals surface area contributed by atoms with Crippen molar-refractivity contribution in [1.82, 2.24) is 10.2 Å². The van der Waals surface area contributed by atoms with E-state index in [0.29, 0.717) is 13.1 Å². The Labute approximate surface area is 113 Å². The first-order valence-corrected chi connectivity index (χ1v) is 6.41. The van der Waals surface area contributed by atoms with Crippen LogP contribution in [-0.4, -0.2) is 48.2 Å². The van der Waals surface area contributed by atoms with Crippen molar-refractivity contribution in [1.29, 1.82) is 0 Å². The molecular weight excluding hydrogens is 303 g/mol. The quantitative estimate of drug-likeness (QED) is 0.855. The molecule has 1 amide bonds. The molecule has 98 valence electrons. The minimum absolute atomic E-state index is 0.00553. The number of aliphatic hydroxyl groups excluding tert-OH is 1. The van der Waals surface area contributed by atoms with Crippen molar-refractivity contribution in [3.05, 3.63) is 34.1 Å². The van der Waals surface area contributed by atoms with Crippen LogP contribution in [0.25, 0.3) is 0 Å². The fraction of sp³-hybridized carbons (Fsp3) is 0.417. The van der Waals surface area contributed by atoms with Crippen LogP contribution in [0.5, 0.6) is 0 Å². The summed E-state index contributed by atoms with van der Waals surface area (Å²) in [4.78, 5) is 13.6. The molecule has 0 spiro atoms. The highest BCUT2D eigenvalue weighted by atomic mass is 79.9. The van der Waals surface area contributed by atoms with Crippen molar-refractivity contribution in [3.8, 4) is 0 Å². The summed E-state index contributed by atoms with van der Waals surface area (Å²) in [6.45, 7) is 0.961. The third kappa shape index (κ3) is 2.41. The van der Waals surface area contributed by atoms with Gasteiger partial charge in [-0.05, 0) is 28.1 Å². The fourth-order valence-corrected chi connectivity index (χ4v) is 2.42. The molecule has 1 fully saturated rings. The topological polar surface area (TPSA) is 52.6 Å². The number of rotatable bonds is 2. The maximum absolute atomic E-state index is 13.8. The van der Waals surface area contributed by atoms with Gasteiger partial charge in [-0.1, -0.05) is 6.07 Å². The number of nitrogens with one attached hydrogen (secondary N) is 1. The maximum Gasteiger partial charge on any atom is 0.256 e. The maximum atomic E-state index is 13.8. The molecule has 0 bridgehead atoms. The molecule has 1 aliphatic rings. The number of aliphatic hydroxyl groups is 1. The van der Waals surface area contributed by atoms with E-state index in [1.165, 1.54) is 17.0 Å². The molecule has 0 saturated carbocycles. The van der Waals surface area contributed by atoms with E-state index in [1.807, 2.05) is 0 Å². The second-order valence-electron chi connectivity index (χ2n) is 4.31. The Kier molecular flexibility index (Phi) is 3.99. The Bertz CT molecular complexity index is 469. The van der Waals surface area contributed by atoms with Crippen molar-refractivity contribution in [2.45, 2.75) is 12.1 Å². The minimum atomic E-state index is -0.617. The summed E-state index contributed by atoms with van der Waals surface area (Å²) in [6, 6.07) is 4.26. The van der Waals surface area contributed by atoms with E-state index in [-0.39, 0.29) is 16.1 Å². The first-order valence-electron chi connectivity index (χ1n) is 5.62. The van der Waals surface area contributed by atoms with Gasteiger partial charge < -0.3 is 15.3 Å². The normalized spacial score (nSPS) is 23.1. The van der Waals surface area contributed by atoms with Gasteiger partial charge in [-0.15, -0.1) is 0 Å². The van der Waals surface area contributed by atoms with E-state index in [1.54, 1.807) is 13.1 Å². The minimum Gasteiger partial charge on any atom is -0.390 e. The van der Waals surface area contributed by atoms with E-state index >= 15 is 0 Å². The summed E-state index contributed by atoms with van der Waals surface area (Å²) in [5.41, 5.74) is 0.00553. The van der Waals surface area contributed by atoms with E-state index in [9.17, 15) is 14.3 Å². The summed E-state index contributed by atoms with van der Waals surface area (Å²) in [5.74, 6) is -1.00. The van der Waals surface area contributed by atoms with Crippen molar-refractivity contribution in [2.75, 3.05) is 20.1 Å². The molecule has 1 saturated heterocycles. The number of β-amino-alcohol motifs (C(OH)–C–C–N with tert-alkyl or cyclic N) is 1. The van der Waals surface area contributed by atoms with Crippen molar-refractivity contribution < 1.29 is 14.3 Å². The summed E-state index contributed by atoms with van der Waals surface area (Å²) >= 11 is 3.05. The molecule has 1 aliphatic heterocycles. The highest BCUT2D eigenvalue weighted by molar-refractivity contribution is 9.10. The van der Waals surface area contributed by atoms with Crippen LogP contribution < -0.4 is 5.32 Å². The van der Waals surface area contributed by atoms with Crippen molar-refractivity contribution in [3.63, 3.8) is 0 Å². The Morgan fingerprint density at radius 2 is 2.28 bits per heavy atom. The van der Waals surface area contributed by atoms with Crippen LogP contribution in [-0.2, 0) is 0 Å². The lowest BCUT2D eigenvalue weighted by molar-refractivity contribution is 0.0577. The second-order valence-corrected chi connectivity index (χ2v) is 5.16. The average Bonchev–Trinajstić information content (AvgIpc) is 2.77. The Morgan fingerprint density at radius 1 is 1.56 bits per heavy atom. The van der Waals surface area contributed by atoms with Gasteiger partial charge >= 0.3 is 0 Å². The molecule has 6 heteroatoms. The predicted molar refractivity (Wildman–Crippen MR) is 68.9 cm³/mol. The number of halogens is 2. The number of likely N-dealkylation sites (N-methyl/N-ethyl adjacent to an activating group) is 1. The summed E-state index contributed by atoms with van der Waals surface area (Å²) in [6.07, 6.45) is -0.617. The van der Waals surface area contributed by atoms with Gasteiger partial charge in [0, 0.05) is 20.1 Å². The monoisotopic (exact) mass is 316 g/mol. The first-order chi connectivity index (χ1) is 8.52. The molecule has 1 aromatic rings. The molecule has 18 heavy (non-hydrogen) atoms. The zero-order valence-corrected chi connectivity index (χ0v) is 11.4. The lowest BCUT2D eigenvalue weighted by Gasteiger charge is -2.26. The Morgan fingerprint density at radius 3 is 2.89 bits per heavy atom. The number of amides is 1. The lowest BCUT2D eigenvalue weighted by atomic mass is 10.1. The fourth-order valence-electron chi connectivity index (χ4n) is 2.06. The van der Waals surface area contributed by atoms with Crippen LogP contribution in [0.2, 0.25) is 0 Å². The van der Waals surface area contributed by atoms with Gasteiger partial charge in [0.25, 0.3) is 5.91 Å². The van der Waals surface area contributed by atoms with Gasteiger partial charge in [-0.3, -0.25) is 4.79 Å². The van der Waals surface area contributed by atoms with Gasteiger partial charge in [0.05, 0.1) is 22.2 Å². The first kappa shape index (κ1) is 13.5. The second kappa shape index (κ2) is 5.34. The number of nitrogens with zero attached hydrogens (tertiary/aromatic N) is 1. The number of hydrogen-bond acceptors (Lipinski definition) is 3.